The van der Waals surface area contributed by atoms with Gasteiger partial charge in [-0.3, -0.25) is 9.20 Å². The Morgan fingerprint density at radius 2 is 1.86 bits per heavy atom. The molecule has 0 amide bonds. The number of carbonyl (C=O) groups is 1. The molecule has 0 saturated heterocycles. The Bertz CT molecular complexity index is 1160. The fourth-order valence-corrected chi connectivity index (χ4v) is 2.69. The van der Waals surface area contributed by atoms with E-state index in [4.69, 9.17) is 13.9 Å². The van der Waals surface area contributed by atoms with Gasteiger partial charge in [0.25, 0.3) is 5.56 Å². The maximum atomic E-state index is 12.4. The summed E-state index contributed by atoms with van der Waals surface area (Å²) in [6, 6.07) is 17.5. The lowest BCUT2D eigenvalue weighted by Crippen LogP contribution is -2.16. The number of esters is 1. The van der Waals surface area contributed by atoms with Crippen LogP contribution in [0.2, 0.25) is 0 Å². The number of fused-ring (bicyclic) bond motifs is 1. The summed E-state index contributed by atoms with van der Waals surface area (Å²) in [6.45, 7) is 0.0274. The largest absolute Gasteiger partial charge is 0.489 e. The van der Waals surface area contributed by atoms with Crippen LogP contribution in [-0.4, -0.2) is 15.4 Å². The van der Waals surface area contributed by atoms with Crippen molar-refractivity contribution in [1.29, 1.82) is 0 Å². The molecule has 140 valence electrons. The molecule has 4 rings (SSSR count). The van der Waals surface area contributed by atoms with Gasteiger partial charge in [-0.1, -0.05) is 24.3 Å². The lowest BCUT2D eigenvalue weighted by atomic mass is 10.2. The Morgan fingerprint density at radius 1 is 1.04 bits per heavy atom. The molecule has 4 aromatic rings. The first-order valence-electron chi connectivity index (χ1n) is 8.59. The van der Waals surface area contributed by atoms with Crippen molar-refractivity contribution >= 4 is 11.6 Å². The predicted molar refractivity (Wildman–Crippen MR) is 100 cm³/mol. The van der Waals surface area contributed by atoms with E-state index >= 15 is 0 Å². The summed E-state index contributed by atoms with van der Waals surface area (Å²) in [5.41, 5.74) is 1.17. The maximum Gasteiger partial charge on any atom is 0.375 e. The van der Waals surface area contributed by atoms with Gasteiger partial charge in [0.1, 0.15) is 24.6 Å². The van der Waals surface area contributed by atoms with E-state index in [-0.39, 0.29) is 24.5 Å². The number of aromatic nitrogens is 2. The third kappa shape index (κ3) is 3.78. The molecule has 0 saturated carbocycles. The molecule has 7 nitrogen and oxygen atoms in total. The quantitative estimate of drug-likeness (QED) is 0.481. The Balaban J connectivity index is 1.43. The molecule has 3 heterocycles. The molecule has 0 aliphatic rings. The number of furan rings is 1. The van der Waals surface area contributed by atoms with Gasteiger partial charge in [-0.15, -0.1) is 0 Å². The zero-order valence-electron chi connectivity index (χ0n) is 14.8. The lowest BCUT2D eigenvalue weighted by molar-refractivity contribution is 0.0427. The van der Waals surface area contributed by atoms with Gasteiger partial charge < -0.3 is 13.9 Å². The van der Waals surface area contributed by atoms with E-state index in [2.05, 4.69) is 4.98 Å². The third-order valence-corrected chi connectivity index (χ3v) is 4.04. The smallest absolute Gasteiger partial charge is 0.375 e. The summed E-state index contributed by atoms with van der Waals surface area (Å²) in [7, 11) is 0. The Hall–Kier alpha value is -3.87. The van der Waals surface area contributed by atoms with Crippen molar-refractivity contribution in [3.05, 3.63) is 100 Å². The third-order valence-electron chi connectivity index (χ3n) is 4.04. The Kier molecular flexibility index (Phi) is 4.88. The SMILES string of the molecule is O=C(OCc1cc(=O)n2ccccc2n1)c1occc1COc1ccccc1. The fourth-order valence-electron chi connectivity index (χ4n) is 2.69. The van der Waals surface area contributed by atoms with Crippen molar-refractivity contribution in [2.24, 2.45) is 0 Å². The van der Waals surface area contributed by atoms with Crippen LogP contribution in [0.25, 0.3) is 5.65 Å². The molecule has 1 aromatic carbocycles. The van der Waals surface area contributed by atoms with Crippen molar-refractivity contribution < 1.29 is 18.7 Å². The molecule has 0 atom stereocenters. The molecule has 28 heavy (non-hydrogen) atoms. The summed E-state index contributed by atoms with van der Waals surface area (Å²) in [4.78, 5) is 28.8. The average Bonchev–Trinajstić information content (AvgIpc) is 3.20. The highest BCUT2D eigenvalue weighted by Crippen LogP contribution is 2.17. The second-order valence-corrected chi connectivity index (χ2v) is 5.97. The van der Waals surface area contributed by atoms with Crippen molar-refractivity contribution in [3.8, 4) is 5.75 Å². The van der Waals surface area contributed by atoms with Crippen LogP contribution in [0.15, 0.2) is 82.3 Å². The predicted octanol–water partition coefficient (Wildman–Crippen LogP) is 3.22. The highest BCUT2D eigenvalue weighted by Gasteiger charge is 2.18. The molecule has 0 fully saturated rings. The van der Waals surface area contributed by atoms with E-state index in [1.807, 2.05) is 30.3 Å². The standard InChI is InChI=1S/C21H16N2O5/c24-19-12-16(22-18-8-4-5-10-23(18)19)14-28-21(25)20-15(9-11-26-20)13-27-17-6-2-1-3-7-17/h1-12H,13-14H2. The molecular formula is C21H16N2O5. The van der Waals surface area contributed by atoms with Gasteiger partial charge in [0.15, 0.2) is 0 Å². The number of para-hydroxylation sites is 1. The number of pyridine rings is 1. The Morgan fingerprint density at radius 3 is 2.71 bits per heavy atom. The van der Waals surface area contributed by atoms with Crippen LogP contribution in [0.5, 0.6) is 5.75 Å². The van der Waals surface area contributed by atoms with Gasteiger partial charge in [-0.25, -0.2) is 9.78 Å². The van der Waals surface area contributed by atoms with Gasteiger partial charge in [0, 0.05) is 17.8 Å². The van der Waals surface area contributed by atoms with Crippen LogP contribution in [0.3, 0.4) is 0 Å². The topological polar surface area (TPSA) is 83.0 Å². The number of nitrogens with zero attached hydrogens (tertiary/aromatic N) is 2. The average molecular weight is 376 g/mol. The molecule has 0 unspecified atom stereocenters. The highest BCUT2D eigenvalue weighted by atomic mass is 16.5. The molecule has 3 aromatic heterocycles. The summed E-state index contributed by atoms with van der Waals surface area (Å²) in [6.07, 6.45) is 3.03. The number of carbonyl (C=O) groups excluding carboxylic acids is 1. The van der Waals surface area contributed by atoms with Crippen molar-refractivity contribution in [2.75, 3.05) is 0 Å². The van der Waals surface area contributed by atoms with Gasteiger partial charge in [0.05, 0.1) is 12.0 Å². The number of ether oxygens (including phenoxy) is 2. The first-order chi connectivity index (χ1) is 13.7. The summed E-state index contributed by atoms with van der Waals surface area (Å²) in [5.74, 6) is 0.101. The fraction of sp³-hybridized carbons (Fsp3) is 0.0952. The van der Waals surface area contributed by atoms with Crippen LogP contribution in [0, 0.1) is 0 Å². The first kappa shape index (κ1) is 17.5. The molecule has 0 radical (unpaired) electrons. The minimum atomic E-state index is -0.647. The molecule has 0 aliphatic heterocycles. The van der Waals surface area contributed by atoms with Crippen molar-refractivity contribution in [3.63, 3.8) is 0 Å². The van der Waals surface area contributed by atoms with Crippen LogP contribution in [0.1, 0.15) is 21.8 Å². The Labute approximate surface area is 159 Å². The van der Waals surface area contributed by atoms with Gasteiger partial charge in [-0.2, -0.15) is 0 Å². The second-order valence-electron chi connectivity index (χ2n) is 5.97. The van der Waals surface area contributed by atoms with Gasteiger partial charge in [-0.05, 0) is 30.3 Å². The highest BCUT2D eigenvalue weighted by molar-refractivity contribution is 5.87. The molecule has 0 spiro atoms. The zero-order valence-corrected chi connectivity index (χ0v) is 14.8. The van der Waals surface area contributed by atoms with E-state index in [1.54, 1.807) is 30.5 Å². The number of hydrogen-bond acceptors (Lipinski definition) is 6. The molecule has 0 N–H and O–H groups in total. The van der Waals surface area contributed by atoms with Crippen LogP contribution < -0.4 is 10.3 Å². The van der Waals surface area contributed by atoms with Crippen molar-refractivity contribution in [2.45, 2.75) is 13.2 Å². The van der Waals surface area contributed by atoms with E-state index in [0.29, 0.717) is 22.7 Å². The lowest BCUT2D eigenvalue weighted by Gasteiger charge is -2.07. The first-order valence-corrected chi connectivity index (χ1v) is 8.59. The van der Waals surface area contributed by atoms with Crippen molar-refractivity contribution in [1.82, 2.24) is 9.38 Å². The van der Waals surface area contributed by atoms with Gasteiger partial charge in [0.2, 0.25) is 5.76 Å². The summed E-state index contributed by atoms with van der Waals surface area (Å²) < 4.78 is 17.6. The van der Waals surface area contributed by atoms with E-state index in [9.17, 15) is 9.59 Å². The van der Waals surface area contributed by atoms with E-state index < -0.39 is 5.97 Å². The second kappa shape index (κ2) is 7.79. The molecule has 0 aliphatic carbocycles. The molecule has 0 bridgehead atoms. The monoisotopic (exact) mass is 376 g/mol. The van der Waals surface area contributed by atoms with Gasteiger partial charge >= 0.3 is 5.97 Å². The van der Waals surface area contributed by atoms with Crippen LogP contribution in [-0.2, 0) is 18.0 Å². The van der Waals surface area contributed by atoms with Crippen LogP contribution >= 0.6 is 0 Å². The number of hydrogen-bond donors (Lipinski definition) is 0. The van der Waals surface area contributed by atoms with E-state index in [0.717, 1.165) is 0 Å². The maximum absolute atomic E-state index is 12.4. The zero-order chi connectivity index (χ0) is 19.3. The van der Waals surface area contributed by atoms with Crippen LogP contribution in [0.4, 0.5) is 0 Å². The molecule has 7 heteroatoms. The number of rotatable bonds is 6. The summed E-state index contributed by atoms with van der Waals surface area (Å²) in [5, 5.41) is 0. The van der Waals surface area contributed by atoms with E-state index in [1.165, 1.54) is 16.7 Å². The normalized spacial score (nSPS) is 10.7. The molecular weight excluding hydrogens is 360 g/mol. The summed E-state index contributed by atoms with van der Waals surface area (Å²) >= 11 is 0. The minimum absolute atomic E-state index is 0.0634. The number of benzene rings is 1. The minimum Gasteiger partial charge on any atom is -0.489 e.